The van der Waals surface area contributed by atoms with Crippen LogP contribution in [0.4, 0.5) is 10.1 Å². The van der Waals surface area contributed by atoms with Gasteiger partial charge in [-0.1, -0.05) is 29.8 Å². The van der Waals surface area contributed by atoms with Gasteiger partial charge in [0.1, 0.15) is 11.6 Å². The minimum atomic E-state index is -1.23. The van der Waals surface area contributed by atoms with Crippen LogP contribution in [0.3, 0.4) is 0 Å². The van der Waals surface area contributed by atoms with Gasteiger partial charge in [-0.05, 0) is 54.1 Å². The summed E-state index contributed by atoms with van der Waals surface area (Å²) < 4.78 is 18.9. The van der Waals surface area contributed by atoms with Gasteiger partial charge in [0.15, 0.2) is 4.87 Å². The van der Waals surface area contributed by atoms with E-state index >= 15 is 0 Å². The van der Waals surface area contributed by atoms with Gasteiger partial charge in [0.2, 0.25) is 0 Å². The fourth-order valence-electron chi connectivity index (χ4n) is 4.42. The van der Waals surface area contributed by atoms with Gasteiger partial charge in [0, 0.05) is 28.4 Å². The molecule has 1 spiro atoms. The Labute approximate surface area is 200 Å². The van der Waals surface area contributed by atoms with E-state index in [2.05, 4.69) is 0 Å². The number of halogens is 2. The Morgan fingerprint density at radius 1 is 1.15 bits per heavy atom. The minimum Gasteiger partial charge on any atom is -0.497 e. The minimum absolute atomic E-state index is 0.205. The number of ether oxygens (including phenoxy) is 1. The molecule has 8 heteroatoms. The standard InChI is InChI=1S/C25H20ClFN2O3S/c1-32-19-10-11-22-20(14-19)25(24(31)28(22)15-17-4-2-3-5-21(17)26)29(12-13-33-25)23(30)16-6-8-18(27)9-7-16/h2-11,14H,12-13,15H2,1H3/t25-/m1/s1. The molecule has 5 nitrogen and oxygen atoms in total. The molecule has 2 aliphatic rings. The van der Waals surface area contributed by atoms with Gasteiger partial charge < -0.3 is 14.5 Å². The number of methoxy groups -OCH3 is 1. The second-order valence-electron chi connectivity index (χ2n) is 7.82. The van der Waals surface area contributed by atoms with Gasteiger partial charge in [0.25, 0.3) is 11.8 Å². The first-order valence-electron chi connectivity index (χ1n) is 10.4. The summed E-state index contributed by atoms with van der Waals surface area (Å²) in [5.74, 6) is 0.248. The Hall–Kier alpha value is -3.03. The monoisotopic (exact) mass is 482 g/mol. The van der Waals surface area contributed by atoms with Crippen molar-refractivity contribution in [2.75, 3.05) is 24.3 Å². The van der Waals surface area contributed by atoms with Gasteiger partial charge in [-0.2, -0.15) is 0 Å². The van der Waals surface area contributed by atoms with Crippen LogP contribution in [-0.4, -0.2) is 36.1 Å². The second kappa shape index (κ2) is 8.39. The van der Waals surface area contributed by atoms with E-state index in [1.54, 1.807) is 29.0 Å². The molecule has 1 saturated heterocycles. The number of rotatable bonds is 4. The molecule has 2 aliphatic heterocycles. The summed E-state index contributed by atoms with van der Waals surface area (Å²) in [6.07, 6.45) is 0. The third-order valence-electron chi connectivity index (χ3n) is 6.02. The highest BCUT2D eigenvalue weighted by atomic mass is 35.5. The molecule has 33 heavy (non-hydrogen) atoms. The number of carbonyl (C=O) groups excluding carboxylic acids is 2. The van der Waals surface area contributed by atoms with E-state index in [1.807, 2.05) is 30.3 Å². The van der Waals surface area contributed by atoms with Crippen LogP contribution >= 0.6 is 23.4 Å². The number of hydrogen-bond donors (Lipinski definition) is 0. The smallest absolute Gasteiger partial charge is 0.268 e. The molecule has 2 amide bonds. The first-order chi connectivity index (χ1) is 16.0. The van der Waals surface area contributed by atoms with E-state index in [4.69, 9.17) is 16.3 Å². The molecule has 3 aromatic rings. The van der Waals surface area contributed by atoms with E-state index in [9.17, 15) is 14.0 Å². The number of thioether (sulfide) groups is 1. The number of amides is 2. The molecule has 0 N–H and O–H groups in total. The van der Waals surface area contributed by atoms with Crippen molar-refractivity contribution in [1.82, 2.24) is 4.90 Å². The first-order valence-corrected chi connectivity index (χ1v) is 11.8. The van der Waals surface area contributed by atoms with Gasteiger partial charge in [-0.25, -0.2) is 4.39 Å². The van der Waals surface area contributed by atoms with Crippen LogP contribution in [0, 0.1) is 5.82 Å². The molecule has 3 aromatic carbocycles. The zero-order valence-electron chi connectivity index (χ0n) is 17.8. The molecule has 0 bridgehead atoms. The maximum atomic E-state index is 14.1. The highest BCUT2D eigenvalue weighted by Gasteiger charge is 2.59. The van der Waals surface area contributed by atoms with Crippen molar-refractivity contribution in [3.05, 3.63) is 94.3 Å². The van der Waals surface area contributed by atoms with Crippen LogP contribution in [-0.2, 0) is 16.2 Å². The average molecular weight is 483 g/mol. The van der Waals surface area contributed by atoms with Crippen molar-refractivity contribution in [3.8, 4) is 5.75 Å². The van der Waals surface area contributed by atoms with Crippen LogP contribution in [0.5, 0.6) is 5.75 Å². The number of nitrogens with zero attached hydrogens (tertiary/aromatic N) is 2. The lowest BCUT2D eigenvalue weighted by Gasteiger charge is -2.33. The number of carbonyl (C=O) groups is 2. The van der Waals surface area contributed by atoms with Gasteiger partial charge >= 0.3 is 0 Å². The third-order valence-corrected chi connectivity index (χ3v) is 7.81. The van der Waals surface area contributed by atoms with E-state index in [0.29, 0.717) is 39.9 Å². The van der Waals surface area contributed by atoms with Crippen LogP contribution in [0.1, 0.15) is 21.5 Å². The highest BCUT2D eigenvalue weighted by molar-refractivity contribution is 8.01. The first kappa shape index (κ1) is 21.8. The van der Waals surface area contributed by atoms with Crippen LogP contribution in [0.15, 0.2) is 66.7 Å². The van der Waals surface area contributed by atoms with Crippen LogP contribution in [0.25, 0.3) is 0 Å². The lowest BCUT2D eigenvalue weighted by Crippen LogP contribution is -2.50. The Balaban J connectivity index is 1.62. The summed E-state index contributed by atoms with van der Waals surface area (Å²) in [6.45, 7) is 0.669. The highest BCUT2D eigenvalue weighted by Crippen LogP contribution is 2.55. The zero-order chi connectivity index (χ0) is 23.2. The molecular weight excluding hydrogens is 463 g/mol. The molecule has 5 rings (SSSR count). The maximum absolute atomic E-state index is 14.1. The van der Waals surface area contributed by atoms with E-state index < -0.39 is 10.7 Å². The zero-order valence-corrected chi connectivity index (χ0v) is 19.3. The quantitative estimate of drug-likeness (QED) is 0.520. The van der Waals surface area contributed by atoms with Crippen molar-refractivity contribution in [3.63, 3.8) is 0 Å². The Morgan fingerprint density at radius 2 is 1.91 bits per heavy atom. The third kappa shape index (κ3) is 3.47. The summed E-state index contributed by atoms with van der Waals surface area (Å²) >= 11 is 7.82. The Bertz CT molecular complexity index is 1250. The lowest BCUT2D eigenvalue weighted by molar-refractivity contribution is -0.123. The van der Waals surface area contributed by atoms with Crippen LogP contribution < -0.4 is 9.64 Å². The number of benzene rings is 3. The normalized spacial score (nSPS) is 19.3. The molecule has 1 fully saturated rings. The molecule has 0 radical (unpaired) electrons. The Morgan fingerprint density at radius 3 is 2.64 bits per heavy atom. The number of fused-ring (bicyclic) bond motifs is 2. The van der Waals surface area contributed by atoms with Crippen molar-refractivity contribution in [2.24, 2.45) is 0 Å². The van der Waals surface area contributed by atoms with Gasteiger partial charge in [-0.15, -0.1) is 11.8 Å². The number of anilines is 1. The lowest BCUT2D eigenvalue weighted by atomic mass is 10.0. The van der Waals surface area contributed by atoms with E-state index in [0.717, 1.165) is 5.56 Å². The van der Waals surface area contributed by atoms with Crippen molar-refractivity contribution >= 4 is 40.9 Å². The predicted octanol–water partition coefficient (Wildman–Crippen LogP) is 5.08. The maximum Gasteiger partial charge on any atom is 0.268 e. The van der Waals surface area contributed by atoms with Crippen molar-refractivity contribution in [2.45, 2.75) is 11.4 Å². The molecule has 0 unspecified atom stereocenters. The average Bonchev–Trinajstić information content (AvgIpc) is 3.37. The molecule has 0 aliphatic carbocycles. The van der Waals surface area contributed by atoms with Gasteiger partial charge in [-0.3, -0.25) is 9.59 Å². The van der Waals surface area contributed by atoms with Crippen molar-refractivity contribution < 1.29 is 18.7 Å². The fraction of sp³-hybridized carbons (Fsp3) is 0.200. The summed E-state index contributed by atoms with van der Waals surface area (Å²) in [5, 5.41) is 0.569. The second-order valence-corrected chi connectivity index (χ2v) is 9.52. The largest absolute Gasteiger partial charge is 0.497 e. The molecule has 0 saturated carbocycles. The fourth-order valence-corrected chi connectivity index (χ4v) is 6.07. The molecule has 168 valence electrons. The molecule has 2 heterocycles. The molecule has 1 atom stereocenters. The van der Waals surface area contributed by atoms with Gasteiger partial charge in [0.05, 0.1) is 19.3 Å². The van der Waals surface area contributed by atoms with Crippen LogP contribution in [0.2, 0.25) is 5.02 Å². The summed E-state index contributed by atoms with van der Waals surface area (Å²) in [4.78, 5) is 29.6. The molecule has 0 aromatic heterocycles. The van der Waals surface area contributed by atoms with E-state index in [1.165, 1.54) is 36.0 Å². The SMILES string of the molecule is COc1ccc2c(c1)[C@@]1(SCCN1C(=O)c1ccc(F)cc1)C(=O)N2Cc1ccccc1Cl. The van der Waals surface area contributed by atoms with E-state index in [-0.39, 0.29) is 18.4 Å². The summed E-state index contributed by atoms with van der Waals surface area (Å²) in [7, 11) is 1.57. The number of hydrogen-bond acceptors (Lipinski definition) is 4. The topological polar surface area (TPSA) is 49.9 Å². The van der Waals surface area contributed by atoms with Crippen molar-refractivity contribution in [1.29, 1.82) is 0 Å². The predicted molar refractivity (Wildman–Crippen MR) is 127 cm³/mol. The molecular formula is C25H20ClFN2O3S. The summed E-state index contributed by atoms with van der Waals surface area (Å²) in [5.41, 5.74) is 2.56. The summed E-state index contributed by atoms with van der Waals surface area (Å²) in [6, 6.07) is 18.2. The Kier molecular flexibility index (Phi) is 5.54.